The quantitative estimate of drug-likeness (QED) is 0.552. The van der Waals surface area contributed by atoms with Crippen molar-refractivity contribution >= 4 is 0 Å². The Kier molecular flexibility index (Phi) is 4.23. The van der Waals surface area contributed by atoms with E-state index in [2.05, 4.69) is 10.2 Å². The summed E-state index contributed by atoms with van der Waals surface area (Å²) in [6.45, 7) is -0.648. The van der Waals surface area contributed by atoms with Crippen LogP contribution in [0.15, 0.2) is 36.5 Å². The first-order chi connectivity index (χ1) is 9.13. The predicted octanol–water partition coefficient (Wildman–Crippen LogP) is -0.985. The largest absolute Gasteiger partial charge is 0.394 e. The Morgan fingerprint density at radius 2 is 1.79 bits per heavy atom. The SMILES string of the molecule is OC[C@H](O)[C@H](O)[C@H](O)c1cnn(-c2ccccc2)n1. The number of hydrogen-bond donors (Lipinski definition) is 4. The lowest BCUT2D eigenvalue weighted by molar-refractivity contribution is -0.0790. The average Bonchev–Trinajstić information content (AvgIpc) is 2.95. The van der Waals surface area contributed by atoms with Gasteiger partial charge in [-0.25, -0.2) is 0 Å². The Balaban J connectivity index is 2.17. The molecule has 0 saturated heterocycles. The first-order valence-corrected chi connectivity index (χ1v) is 5.76. The molecular formula is C12H15N3O4. The third-order valence-electron chi connectivity index (χ3n) is 2.70. The van der Waals surface area contributed by atoms with Crippen LogP contribution in [0.1, 0.15) is 11.8 Å². The molecule has 0 radical (unpaired) electrons. The molecule has 2 aromatic rings. The van der Waals surface area contributed by atoms with Gasteiger partial charge in [0.05, 0.1) is 18.5 Å². The fourth-order valence-corrected chi connectivity index (χ4v) is 1.59. The van der Waals surface area contributed by atoms with Crippen LogP contribution in [0.3, 0.4) is 0 Å². The van der Waals surface area contributed by atoms with Crippen molar-refractivity contribution in [3.05, 3.63) is 42.2 Å². The second kappa shape index (κ2) is 5.89. The van der Waals surface area contributed by atoms with E-state index in [-0.39, 0.29) is 5.69 Å². The standard InChI is InChI=1S/C12H15N3O4/c16-7-10(17)12(19)11(18)9-6-13-15(14-9)8-4-2-1-3-5-8/h1-6,10-12,16-19H,7H2/t10-,11+,12-/m0/s1. The number of rotatable bonds is 5. The van der Waals surface area contributed by atoms with Gasteiger partial charge in [-0.15, -0.1) is 0 Å². The number of benzene rings is 1. The molecule has 2 rings (SSSR count). The van der Waals surface area contributed by atoms with Gasteiger partial charge < -0.3 is 20.4 Å². The van der Waals surface area contributed by atoms with E-state index in [4.69, 9.17) is 5.11 Å². The minimum Gasteiger partial charge on any atom is -0.394 e. The molecule has 0 bridgehead atoms. The molecule has 0 aliphatic rings. The third-order valence-corrected chi connectivity index (χ3v) is 2.70. The van der Waals surface area contributed by atoms with Crippen LogP contribution in [0.25, 0.3) is 5.69 Å². The molecule has 0 aliphatic carbocycles. The fourth-order valence-electron chi connectivity index (χ4n) is 1.59. The lowest BCUT2D eigenvalue weighted by Crippen LogP contribution is -2.34. The summed E-state index contributed by atoms with van der Waals surface area (Å²) in [6, 6.07) is 9.06. The highest BCUT2D eigenvalue weighted by molar-refractivity contribution is 5.28. The molecule has 4 N–H and O–H groups in total. The summed E-state index contributed by atoms with van der Waals surface area (Å²) in [5.74, 6) is 0. The van der Waals surface area contributed by atoms with Gasteiger partial charge in [0.1, 0.15) is 24.0 Å². The second-order valence-electron chi connectivity index (χ2n) is 4.08. The van der Waals surface area contributed by atoms with Crippen molar-refractivity contribution < 1.29 is 20.4 Å². The van der Waals surface area contributed by atoms with Crippen molar-refractivity contribution in [1.82, 2.24) is 15.0 Å². The van der Waals surface area contributed by atoms with E-state index < -0.39 is 24.9 Å². The highest BCUT2D eigenvalue weighted by Crippen LogP contribution is 2.17. The van der Waals surface area contributed by atoms with Gasteiger partial charge in [-0.1, -0.05) is 18.2 Å². The highest BCUT2D eigenvalue weighted by atomic mass is 16.4. The summed E-state index contributed by atoms with van der Waals surface area (Å²) in [7, 11) is 0. The van der Waals surface area contributed by atoms with Crippen LogP contribution < -0.4 is 0 Å². The van der Waals surface area contributed by atoms with Crippen LogP contribution >= 0.6 is 0 Å². The Morgan fingerprint density at radius 3 is 2.42 bits per heavy atom. The zero-order chi connectivity index (χ0) is 13.8. The molecular weight excluding hydrogens is 250 g/mol. The van der Waals surface area contributed by atoms with Crippen molar-refractivity contribution in [1.29, 1.82) is 0 Å². The van der Waals surface area contributed by atoms with Gasteiger partial charge in [-0.3, -0.25) is 0 Å². The van der Waals surface area contributed by atoms with Crippen LogP contribution in [0.5, 0.6) is 0 Å². The number of hydrogen-bond acceptors (Lipinski definition) is 6. The smallest absolute Gasteiger partial charge is 0.128 e. The number of aromatic nitrogens is 3. The molecule has 0 saturated carbocycles. The molecule has 0 amide bonds. The number of aliphatic hydroxyl groups excluding tert-OH is 4. The van der Waals surface area contributed by atoms with E-state index >= 15 is 0 Å². The fraction of sp³-hybridized carbons (Fsp3) is 0.333. The van der Waals surface area contributed by atoms with Crippen molar-refractivity contribution in [2.45, 2.75) is 18.3 Å². The summed E-state index contributed by atoms with van der Waals surface area (Å²) in [5, 5.41) is 45.4. The third kappa shape index (κ3) is 2.96. The lowest BCUT2D eigenvalue weighted by Gasteiger charge is -2.19. The maximum Gasteiger partial charge on any atom is 0.128 e. The molecule has 0 unspecified atom stereocenters. The number of nitrogens with zero attached hydrogens (tertiary/aromatic N) is 3. The lowest BCUT2D eigenvalue weighted by atomic mass is 10.1. The van der Waals surface area contributed by atoms with Crippen molar-refractivity contribution in [2.24, 2.45) is 0 Å². The Hall–Kier alpha value is -1.80. The van der Waals surface area contributed by atoms with Crippen LogP contribution in [-0.2, 0) is 0 Å². The first kappa shape index (κ1) is 13.6. The molecule has 0 aliphatic heterocycles. The average molecular weight is 265 g/mol. The van der Waals surface area contributed by atoms with E-state index in [1.54, 1.807) is 12.1 Å². The van der Waals surface area contributed by atoms with Gasteiger partial charge in [0, 0.05) is 0 Å². The summed E-state index contributed by atoms with van der Waals surface area (Å²) in [5.41, 5.74) is 0.821. The Bertz CT molecular complexity index is 517. The number of para-hydroxylation sites is 1. The normalized spacial score (nSPS) is 16.0. The summed E-state index contributed by atoms with van der Waals surface area (Å²) >= 11 is 0. The maximum atomic E-state index is 9.81. The summed E-state index contributed by atoms with van der Waals surface area (Å²) in [4.78, 5) is 1.30. The highest BCUT2D eigenvalue weighted by Gasteiger charge is 2.27. The number of aliphatic hydroxyl groups is 4. The van der Waals surface area contributed by atoms with E-state index in [9.17, 15) is 15.3 Å². The molecule has 1 aromatic heterocycles. The molecule has 0 fully saturated rings. The predicted molar refractivity (Wildman–Crippen MR) is 65.4 cm³/mol. The summed E-state index contributed by atoms with van der Waals surface area (Å²) in [6.07, 6.45) is -3.08. The Labute approximate surface area is 109 Å². The van der Waals surface area contributed by atoms with Crippen molar-refractivity contribution in [2.75, 3.05) is 6.61 Å². The molecule has 19 heavy (non-hydrogen) atoms. The topological polar surface area (TPSA) is 112 Å². The molecule has 1 heterocycles. The van der Waals surface area contributed by atoms with Crippen LogP contribution in [0.4, 0.5) is 0 Å². The van der Waals surface area contributed by atoms with E-state index in [0.717, 1.165) is 0 Å². The van der Waals surface area contributed by atoms with Crippen LogP contribution in [0, 0.1) is 0 Å². The monoisotopic (exact) mass is 265 g/mol. The van der Waals surface area contributed by atoms with E-state index in [1.807, 2.05) is 18.2 Å². The first-order valence-electron chi connectivity index (χ1n) is 5.76. The van der Waals surface area contributed by atoms with Crippen molar-refractivity contribution in [3.8, 4) is 5.69 Å². The minimum absolute atomic E-state index is 0.115. The molecule has 0 spiro atoms. The molecule has 7 nitrogen and oxygen atoms in total. The van der Waals surface area contributed by atoms with Gasteiger partial charge in [0.15, 0.2) is 0 Å². The van der Waals surface area contributed by atoms with Gasteiger partial charge in [-0.2, -0.15) is 15.0 Å². The van der Waals surface area contributed by atoms with E-state index in [1.165, 1.54) is 11.0 Å². The summed E-state index contributed by atoms with van der Waals surface area (Å²) < 4.78 is 0. The van der Waals surface area contributed by atoms with Gasteiger partial charge in [0.2, 0.25) is 0 Å². The van der Waals surface area contributed by atoms with Crippen LogP contribution in [0.2, 0.25) is 0 Å². The van der Waals surface area contributed by atoms with E-state index in [0.29, 0.717) is 5.69 Å². The van der Waals surface area contributed by atoms with Crippen molar-refractivity contribution in [3.63, 3.8) is 0 Å². The zero-order valence-electron chi connectivity index (χ0n) is 10.0. The van der Waals surface area contributed by atoms with Crippen LogP contribution in [-0.4, -0.2) is 54.2 Å². The molecule has 1 aromatic carbocycles. The molecule has 3 atom stereocenters. The van der Waals surface area contributed by atoms with Gasteiger partial charge in [0.25, 0.3) is 0 Å². The zero-order valence-corrected chi connectivity index (χ0v) is 10.0. The Morgan fingerprint density at radius 1 is 1.11 bits per heavy atom. The maximum absolute atomic E-state index is 9.81. The minimum atomic E-state index is -1.52. The molecule has 102 valence electrons. The van der Waals surface area contributed by atoms with Gasteiger partial charge >= 0.3 is 0 Å². The molecule has 7 heteroatoms. The van der Waals surface area contributed by atoms with Gasteiger partial charge in [-0.05, 0) is 12.1 Å². The second-order valence-corrected chi connectivity index (χ2v) is 4.08.